The maximum atomic E-state index is 10.1. The number of aliphatic hydroxyl groups excluding tert-OH is 1. The van der Waals surface area contributed by atoms with Crippen molar-refractivity contribution in [2.45, 2.75) is 12.5 Å². The number of nitrogens with zero attached hydrogens (tertiary/aromatic N) is 3. The lowest BCUT2D eigenvalue weighted by molar-refractivity contribution is 0.174. The lowest BCUT2D eigenvalue weighted by atomic mass is 10.1. The van der Waals surface area contributed by atoms with Crippen LogP contribution >= 0.6 is 27.5 Å². The molecular formula is C11H11BrClN3O. The van der Waals surface area contributed by atoms with Crippen molar-refractivity contribution >= 4 is 27.5 Å². The standard InChI is InChI=1S/C11H11BrClN3O/c1-16-10(14-6-15-16)5-9(17)7-3-2-4-8(12)11(7)13/h2-4,6,9,17H,5H2,1H3. The Bertz CT molecular complexity index is 529. The predicted molar refractivity (Wildman–Crippen MR) is 68.8 cm³/mol. The minimum atomic E-state index is -0.692. The normalized spacial score (nSPS) is 12.7. The van der Waals surface area contributed by atoms with E-state index in [-0.39, 0.29) is 0 Å². The number of aryl methyl sites for hydroxylation is 1. The molecule has 0 fully saturated rings. The minimum absolute atomic E-state index is 0.382. The molecule has 0 aliphatic heterocycles. The second-order valence-electron chi connectivity index (χ2n) is 3.66. The van der Waals surface area contributed by atoms with E-state index in [1.165, 1.54) is 6.33 Å². The highest BCUT2D eigenvalue weighted by Crippen LogP contribution is 2.31. The first-order valence-corrected chi connectivity index (χ1v) is 6.21. The summed E-state index contributed by atoms with van der Waals surface area (Å²) in [5, 5.41) is 14.6. The molecule has 4 nitrogen and oxygen atoms in total. The molecule has 17 heavy (non-hydrogen) atoms. The van der Waals surface area contributed by atoms with Crippen molar-refractivity contribution in [2.24, 2.45) is 7.05 Å². The molecule has 1 aromatic heterocycles. The third kappa shape index (κ3) is 2.68. The number of aliphatic hydroxyl groups is 1. The first-order valence-electron chi connectivity index (χ1n) is 5.04. The summed E-state index contributed by atoms with van der Waals surface area (Å²) in [6.07, 6.45) is 1.15. The molecule has 1 N–H and O–H groups in total. The predicted octanol–water partition coefficient (Wildman–Crippen LogP) is 2.51. The van der Waals surface area contributed by atoms with E-state index < -0.39 is 6.10 Å². The van der Waals surface area contributed by atoms with Crippen molar-refractivity contribution in [1.82, 2.24) is 14.8 Å². The van der Waals surface area contributed by atoms with E-state index in [1.807, 2.05) is 12.1 Å². The summed E-state index contributed by atoms with van der Waals surface area (Å²) in [4.78, 5) is 4.07. The van der Waals surface area contributed by atoms with Crippen LogP contribution in [0.2, 0.25) is 5.02 Å². The molecule has 0 saturated carbocycles. The van der Waals surface area contributed by atoms with Crippen molar-refractivity contribution in [1.29, 1.82) is 0 Å². The maximum absolute atomic E-state index is 10.1. The number of aromatic nitrogens is 3. The van der Waals surface area contributed by atoms with Gasteiger partial charge >= 0.3 is 0 Å². The van der Waals surface area contributed by atoms with Gasteiger partial charge in [0.2, 0.25) is 0 Å². The van der Waals surface area contributed by atoms with Gasteiger partial charge in [0.15, 0.2) is 0 Å². The Hall–Kier alpha value is -0.910. The fourth-order valence-corrected chi connectivity index (χ4v) is 2.20. The van der Waals surface area contributed by atoms with Gasteiger partial charge in [-0.25, -0.2) is 4.98 Å². The highest BCUT2D eigenvalue weighted by molar-refractivity contribution is 9.10. The maximum Gasteiger partial charge on any atom is 0.138 e. The largest absolute Gasteiger partial charge is 0.388 e. The Morgan fingerprint density at radius 2 is 2.29 bits per heavy atom. The van der Waals surface area contributed by atoms with Gasteiger partial charge in [0, 0.05) is 23.5 Å². The fraction of sp³-hybridized carbons (Fsp3) is 0.273. The first-order chi connectivity index (χ1) is 8.09. The Morgan fingerprint density at radius 1 is 1.53 bits per heavy atom. The summed E-state index contributed by atoms with van der Waals surface area (Å²) in [5.41, 5.74) is 0.684. The van der Waals surface area contributed by atoms with Gasteiger partial charge in [-0.2, -0.15) is 5.10 Å². The Kier molecular flexibility index (Phi) is 3.81. The van der Waals surface area contributed by atoms with Gasteiger partial charge < -0.3 is 5.11 Å². The van der Waals surface area contributed by atoms with Crippen LogP contribution in [0.4, 0.5) is 0 Å². The molecule has 0 radical (unpaired) electrons. The summed E-state index contributed by atoms with van der Waals surface area (Å²) in [5.74, 6) is 0.716. The van der Waals surface area contributed by atoms with Crippen molar-refractivity contribution < 1.29 is 5.11 Å². The monoisotopic (exact) mass is 315 g/mol. The molecule has 1 atom stereocenters. The molecule has 0 saturated heterocycles. The SMILES string of the molecule is Cn1ncnc1CC(O)c1cccc(Br)c1Cl. The molecule has 90 valence electrons. The topological polar surface area (TPSA) is 50.9 Å². The van der Waals surface area contributed by atoms with Crippen LogP contribution in [0.15, 0.2) is 29.0 Å². The third-order valence-electron chi connectivity index (χ3n) is 2.52. The Morgan fingerprint density at radius 3 is 2.94 bits per heavy atom. The Labute approximate surface area is 112 Å². The fourth-order valence-electron chi connectivity index (χ4n) is 1.57. The van der Waals surface area contributed by atoms with Crippen molar-refractivity contribution in [3.8, 4) is 0 Å². The number of halogens is 2. The summed E-state index contributed by atoms with van der Waals surface area (Å²) in [7, 11) is 1.79. The molecule has 0 spiro atoms. The molecular weight excluding hydrogens is 305 g/mol. The molecule has 2 aromatic rings. The van der Waals surface area contributed by atoms with E-state index in [1.54, 1.807) is 17.8 Å². The molecule has 6 heteroatoms. The van der Waals surface area contributed by atoms with Crippen molar-refractivity contribution in [2.75, 3.05) is 0 Å². The molecule has 1 aromatic carbocycles. The Balaban J connectivity index is 2.23. The number of benzene rings is 1. The van der Waals surface area contributed by atoms with Gasteiger partial charge in [-0.1, -0.05) is 23.7 Å². The van der Waals surface area contributed by atoms with Crippen molar-refractivity contribution in [3.63, 3.8) is 0 Å². The summed E-state index contributed by atoms with van der Waals surface area (Å²) < 4.78 is 2.41. The van der Waals surface area contributed by atoms with Crippen LogP contribution in [-0.4, -0.2) is 19.9 Å². The minimum Gasteiger partial charge on any atom is -0.388 e. The summed E-state index contributed by atoms with van der Waals surface area (Å²) in [6, 6.07) is 5.47. The molecule has 1 unspecified atom stereocenters. The van der Waals surface area contributed by atoms with Gasteiger partial charge in [0.25, 0.3) is 0 Å². The molecule has 2 rings (SSSR count). The lowest BCUT2D eigenvalue weighted by Gasteiger charge is -2.12. The van der Waals surface area contributed by atoms with E-state index in [0.29, 0.717) is 22.8 Å². The van der Waals surface area contributed by atoms with E-state index >= 15 is 0 Å². The zero-order valence-electron chi connectivity index (χ0n) is 9.14. The molecule has 0 aliphatic rings. The first kappa shape index (κ1) is 12.5. The molecule has 0 bridgehead atoms. The molecule has 0 aliphatic carbocycles. The lowest BCUT2D eigenvalue weighted by Crippen LogP contribution is -2.08. The van der Waals surface area contributed by atoms with Gasteiger partial charge in [-0.3, -0.25) is 4.68 Å². The zero-order chi connectivity index (χ0) is 12.4. The third-order valence-corrected chi connectivity index (χ3v) is 3.83. The number of hydrogen-bond acceptors (Lipinski definition) is 3. The van der Waals surface area contributed by atoms with Crippen LogP contribution < -0.4 is 0 Å². The summed E-state index contributed by atoms with van der Waals surface area (Å²) in [6.45, 7) is 0. The molecule has 1 heterocycles. The number of hydrogen-bond donors (Lipinski definition) is 1. The van der Waals surface area contributed by atoms with Gasteiger partial charge in [-0.15, -0.1) is 0 Å². The van der Waals surface area contributed by atoms with Crippen LogP contribution in [0.1, 0.15) is 17.5 Å². The smallest absolute Gasteiger partial charge is 0.138 e. The summed E-state index contributed by atoms with van der Waals surface area (Å²) >= 11 is 9.45. The van der Waals surface area contributed by atoms with Crippen LogP contribution in [0, 0.1) is 0 Å². The van der Waals surface area contributed by atoms with Gasteiger partial charge in [0.05, 0.1) is 11.1 Å². The van der Waals surface area contributed by atoms with Gasteiger partial charge in [-0.05, 0) is 22.0 Å². The van der Waals surface area contributed by atoms with Crippen molar-refractivity contribution in [3.05, 3.63) is 45.4 Å². The van der Waals surface area contributed by atoms with Gasteiger partial charge in [0.1, 0.15) is 12.2 Å². The molecule has 0 amide bonds. The highest BCUT2D eigenvalue weighted by Gasteiger charge is 2.16. The van der Waals surface area contributed by atoms with E-state index in [9.17, 15) is 5.11 Å². The quantitative estimate of drug-likeness (QED) is 0.946. The highest BCUT2D eigenvalue weighted by atomic mass is 79.9. The zero-order valence-corrected chi connectivity index (χ0v) is 11.5. The van der Waals surface area contributed by atoms with E-state index in [2.05, 4.69) is 26.0 Å². The van der Waals surface area contributed by atoms with Crippen LogP contribution in [-0.2, 0) is 13.5 Å². The van der Waals surface area contributed by atoms with Crippen LogP contribution in [0.3, 0.4) is 0 Å². The van der Waals surface area contributed by atoms with E-state index in [4.69, 9.17) is 11.6 Å². The average Bonchev–Trinajstić information content (AvgIpc) is 2.68. The van der Waals surface area contributed by atoms with Crippen LogP contribution in [0.5, 0.6) is 0 Å². The van der Waals surface area contributed by atoms with Crippen LogP contribution in [0.25, 0.3) is 0 Å². The second-order valence-corrected chi connectivity index (χ2v) is 4.90. The second kappa shape index (κ2) is 5.16. The number of rotatable bonds is 3. The van der Waals surface area contributed by atoms with E-state index in [0.717, 1.165) is 4.47 Å². The average molecular weight is 317 g/mol.